The lowest BCUT2D eigenvalue weighted by Gasteiger charge is -2.16. The van der Waals surface area contributed by atoms with Gasteiger partial charge in [-0.2, -0.15) is 5.21 Å². The maximum Gasteiger partial charge on any atom is 0.240 e. The summed E-state index contributed by atoms with van der Waals surface area (Å²) in [6, 6.07) is 4.15. The third-order valence-electron chi connectivity index (χ3n) is 4.01. The smallest absolute Gasteiger partial charge is 0.240 e. The molecule has 7 N–H and O–H groups in total. The van der Waals surface area contributed by atoms with Crippen molar-refractivity contribution in [3.63, 3.8) is 0 Å². The van der Waals surface area contributed by atoms with Crippen LogP contribution in [0.2, 0.25) is 0 Å². The number of sulfone groups is 1. The van der Waals surface area contributed by atoms with Crippen LogP contribution < -0.4 is 10.9 Å². The molecule has 154 valence electrons. The van der Waals surface area contributed by atoms with Crippen molar-refractivity contribution in [3.05, 3.63) is 36.2 Å². The number of H-pyrrole nitrogens is 1. The van der Waals surface area contributed by atoms with Crippen molar-refractivity contribution in [2.75, 3.05) is 12.3 Å². The van der Waals surface area contributed by atoms with Gasteiger partial charge >= 0.3 is 0 Å². The van der Waals surface area contributed by atoms with Crippen molar-refractivity contribution < 1.29 is 27.7 Å². The minimum Gasteiger partial charge on any atom is -0.392 e. The predicted molar refractivity (Wildman–Crippen MR) is 99.9 cm³/mol. The number of aromatic amines is 1. The van der Waals surface area contributed by atoms with E-state index in [1.54, 1.807) is 6.07 Å². The number of primary sulfonamides is 1. The first-order chi connectivity index (χ1) is 13.7. The summed E-state index contributed by atoms with van der Waals surface area (Å²) in [7, 11) is -8.54. The number of pyridine rings is 1. The van der Waals surface area contributed by atoms with Crippen molar-refractivity contribution in [1.29, 1.82) is 0 Å². The first kappa shape index (κ1) is 20.9. The fourth-order valence-corrected chi connectivity index (χ4v) is 5.67. The number of hydrogen-bond donors (Lipinski definition) is 4. The van der Waals surface area contributed by atoms with Gasteiger partial charge in [-0.3, -0.25) is 4.98 Å². The van der Waals surface area contributed by atoms with E-state index in [1.807, 2.05) is 0 Å². The quantitative estimate of drug-likeness (QED) is 0.322. The van der Waals surface area contributed by atoms with Gasteiger partial charge in [-0.15, -0.1) is 10.2 Å². The molecule has 0 saturated heterocycles. The number of nitrogens with one attached hydrogen (secondary N) is 1. The maximum absolute atomic E-state index is 12.7. The highest BCUT2D eigenvalue weighted by molar-refractivity contribution is 7.93. The second-order valence-corrected chi connectivity index (χ2v) is 9.58. The van der Waals surface area contributed by atoms with Crippen molar-refractivity contribution >= 4 is 19.9 Å². The van der Waals surface area contributed by atoms with E-state index in [2.05, 4.69) is 31.3 Å². The molecule has 0 bridgehead atoms. The molecular formula is C15H18N7O5S2+. The number of aliphatic hydroxyl groups excluding tert-OH is 1. The molecule has 0 spiro atoms. The number of sulfonamides is 1. The molecule has 0 aliphatic heterocycles. The molecule has 29 heavy (non-hydrogen) atoms. The van der Waals surface area contributed by atoms with Crippen molar-refractivity contribution in [2.24, 2.45) is 5.14 Å². The summed E-state index contributed by atoms with van der Waals surface area (Å²) in [5, 5.41) is 28.1. The normalized spacial score (nSPS) is 12.2. The molecule has 0 saturated carbocycles. The Labute approximate surface area is 165 Å². The lowest BCUT2D eigenvalue weighted by Crippen LogP contribution is -2.53. The van der Waals surface area contributed by atoms with Crippen LogP contribution in [0.25, 0.3) is 22.5 Å². The van der Waals surface area contributed by atoms with Gasteiger partial charge in [-0.25, -0.2) is 22.0 Å². The second-order valence-electron chi connectivity index (χ2n) is 6.01. The number of quaternary nitrogens is 1. The standard InChI is InChI=1S/C15H17N7O5S2/c16-3-4-28(24,25)12-2-1-11(10-5-9(8-23)6-18-7-10)13(14(12)29(17,26)27)15-19-21-22-20-15/h1-2,5-7,23H,3-4,8,16H2,(H2,17,26,27)(H,19,20,21,22)/p+1. The molecule has 0 amide bonds. The van der Waals surface area contributed by atoms with Crippen LogP contribution in [0.1, 0.15) is 5.56 Å². The summed E-state index contributed by atoms with van der Waals surface area (Å²) in [6.45, 7) is -0.259. The van der Waals surface area contributed by atoms with Crippen molar-refractivity contribution in [1.82, 2.24) is 25.6 Å². The van der Waals surface area contributed by atoms with E-state index in [0.29, 0.717) is 11.1 Å². The highest BCUT2D eigenvalue weighted by Crippen LogP contribution is 2.38. The maximum atomic E-state index is 12.7. The van der Waals surface area contributed by atoms with Crippen LogP contribution in [-0.4, -0.2) is 59.8 Å². The van der Waals surface area contributed by atoms with E-state index in [1.165, 1.54) is 18.5 Å². The average Bonchev–Trinajstić information content (AvgIpc) is 3.20. The van der Waals surface area contributed by atoms with Crippen molar-refractivity contribution in [2.45, 2.75) is 16.4 Å². The Kier molecular flexibility index (Phi) is 5.72. The molecule has 3 aromatic rings. The number of nitrogens with zero attached hydrogens (tertiary/aromatic N) is 4. The van der Waals surface area contributed by atoms with Gasteiger partial charge in [0.2, 0.25) is 15.8 Å². The van der Waals surface area contributed by atoms with Crippen LogP contribution in [0, 0.1) is 0 Å². The molecule has 2 heterocycles. The van der Waals surface area contributed by atoms with Crippen molar-refractivity contribution in [3.8, 4) is 22.5 Å². The van der Waals surface area contributed by atoms with Crippen LogP contribution in [0.4, 0.5) is 0 Å². The summed E-state index contributed by atoms with van der Waals surface area (Å²) in [5.74, 6) is -0.535. The summed E-state index contributed by atoms with van der Waals surface area (Å²) in [6.07, 6.45) is 2.86. The first-order valence-electron chi connectivity index (χ1n) is 8.20. The molecule has 0 aliphatic rings. The highest BCUT2D eigenvalue weighted by Gasteiger charge is 2.32. The summed E-state index contributed by atoms with van der Waals surface area (Å²) in [4.78, 5) is 2.90. The van der Waals surface area contributed by atoms with Crippen LogP contribution in [0.15, 0.2) is 40.4 Å². The van der Waals surface area contributed by atoms with Gasteiger partial charge in [0.15, 0.2) is 9.84 Å². The highest BCUT2D eigenvalue weighted by atomic mass is 32.2. The number of nitrogens with two attached hydrogens (primary N) is 1. The Morgan fingerprint density at radius 3 is 2.52 bits per heavy atom. The topological polar surface area (TPSA) is 210 Å². The lowest BCUT2D eigenvalue weighted by atomic mass is 9.99. The number of aliphatic hydroxyl groups is 1. The number of benzene rings is 1. The molecule has 0 fully saturated rings. The van der Waals surface area contributed by atoms with Gasteiger partial charge in [0, 0.05) is 18.0 Å². The largest absolute Gasteiger partial charge is 0.392 e. The fourth-order valence-electron chi connectivity index (χ4n) is 2.84. The van der Waals surface area contributed by atoms with Gasteiger partial charge in [0.25, 0.3) is 0 Å². The van der Waals surface area contributed by atoms with Gasteiger partial charge < -0.3 is 10.8 Å². The molecule has 0 aliphatic carbocycles. The lowest BCUT2D eigenvalue weighted by molar-refractivity contribution is -0.360. The predicted octanol–water partition coefficient (Wildman–Crippen LogP) is -1.92. The van der Waals surface area contributed by atoms with Crippen LogP contribution >= 0.6 is 0 Å². The minimum absolute atomic E-state index is 0.0359. The van der Waals surface area contributed by atoms with Gasteiger partial charge in [0.05, 0.1) is 23.6 Å². The number of hydrogen-bond acceptors (Lipinski definition) is 9. The van der Waals surface area contributed by atoms with E-state index in [0.717, 1.165) is 6.07 Å². The molecule has 12 nitrogen and oxygen atoms in total. The van der Waals surface area contributed by atoms with E-state index < -0.39 is 29.7 Å². The molecule has 2 aromatic heterocycles. The Balaban J connectivity index is 2.46. The van der Waals surface area contributed by atoms with Gasteiger partial charge in [-0.1, -0.05) is 6.07 Å². The first-order valence-corrected chi connectivity index (χ1v) is 11.4. The van der Waals surface area contributed by atoms with Gasteiger partial charge in [-0.05, 0) is 28.5 Å². The second kappa shape index (κ2) is 7.92. The zero-order chi connectivity index (χ0) is 21.2. The third kappa shape index (κ3) is 4.15. The van der Waals surface area contributed by atoms with E-state index in [4.69, 9.17) is 5.14 Å². The Hall–Kier alpha value is -2.78. The molecule has 14 heteroatoms. The summed E-state index contributed by atoms with van der Waals surface area (Å²) < 4.78 is 50.4. The van der Waals surface area contributed by atoms with E-state index in [-0.39, 0.29) is 35.9 Å². The number of aromatic nitrogens is 5. The zero-order valence-electron chi connectivity index (χ0n) is 15.0. The Morgan fingerprint density at radius 2 is 1.93 bits per heavy atom. The fraction of sp³-hybridized carbons (Fsp3) is 0.200. The molecule has 0 atom stereocenters. The molecule has 3 rings (SSSR count). The monoisotopic (exact) mass is 440 g/mol. The van der Waals surface area contributed by atoms with Crippen LogP contribution in [-0.2, 0) is 26.5 Å². The van der Waals surface area contributed by atoms with Crippen LogP contribution in [0.5, 0.6) is 0 Å². The summed E-state index contributed by atoms with van der Waals surface area (Å²) in [5.41, 5.74) is 4.50. The SMILES string of the molecule is NS(=O)(=O)c1c(S(=O)(=O)CC[NH3+])ccc(-c2cncc(CO)c2)c1-c1nn[nH]n1. The van der Waals surface area contributed by atoms with Crippen LogP contribution in [0.3, 0.4) is 0 Å². The molecular weight excluding hydrogens is 422 g/mol. The molecule has 0 radical (unpaired) electrons. The molecule has 1 aromatic carbocycles. The Morgan fingerprint density at radius 1 is 1.17 bits per heavy atom. The third-order valence-corrected chi connectivity index (χ3v) is 6.97. The van der Waals surface area contributed by atoms with E-state index in [9.17, 15) is 21.9 Å². The van der Waals surface area contributed by atoms with Gasteiger partial charge in [0.1, 0.15) is 10.6 Å². The minimum atomic E-state index is -4.53. The molecule has 0 unspecified atom stereocenters. The number of tetrazole rings is 1. The summed E-state index contributed by atoms with van der Waals surface area (Å²) >= 11 is 0. The Bertz CT molecular complexity index is 1240. The zero-order valence-corrected chi connectivity index (χ0v) is 16.6. The van der Waals surface area contributed by atoms with E-state index >= 15 is 0 Å². The number of rotatable bonds is 7. The average molecular weight is 440 g/mol.